The van der Waals surface area contributed by atoms with Crippen LogP contribution in [0.2, 0.25) is 0 Å². The number of nitrogens with one attached hydrogen (secondary N) is 1. The van der Waals surface area contributed by atoms with Crippen LogP contribution in [0, 0.1) is 0 Å². The van der Waals surface area contributed by atoms with E-state index in [4.69, 9.17) is 0 Å². The maximum Gasteiger partial charge on any atom is 0.129 e. The van der Waals surface area contributed by atoms with Gasteiger partial charge in [-0.05, 0) is 30.3 Å². The van der Waals surface area contributed by atoms with Gasteiger partial charge in [0.2, 0.25) is 0 Å². The minimum absolute atomic E-state index is 1.06. The zero-order chi connectivity index (χ0) is 9.10. The molecule has 4 heteroatoms. The van der Waals surface area contributed by atoms with Crippen molar-refractivity contribution >= 4 is 28.4 Å². The fourth-order valence-corrected chi connectivity index (χ4v) is 2.25. The molecule has 68 valence electrons. The lowest BCUT2D eigenvalue weighted by Gasteiger charge is -2.16. The molecule has 0 saturated carbocycles. The maximum absolute atomic E-state index is 4.52. The first-order valence-corrected chi connectivity index (χ1v) is 6.95. The van der Waals surface area contributed by atoms with Gasteiger partial charge in [0.25, 0.3) is 0 Å². The Morgan fingerprint density at radius 2 is 2.46 bits per heavy atom. The zero-order valence-corrected chi connectivity index (χ0v) is 9.37. The van der Waals surface area contributed by atoms with Crippen LogP contribution < -0.4 is 5.32 Å². The van der Waals surface area contributed by atoms with Crippen LogP contribution in [0.1, 0.15) is 17.7 Å². The van der Waals surface area contributed by atoms with Gasteiger partial charge in [-0.1, -0.05) is 22.9 Å². The Hall–Kier alpha value is -0.450. The third kappa shape index (κ3) is 2.07. The quantitative estimate of drug-likeness (QED) is 0.719. The van der Waals surface area contributed by atoms with Gasteiger partial charge in [-0.3, -0.25) is 0 Å². The number of fused-ring (bicyclic) bond motifs is 1. The summed E-state index contributed by atoms with van der Waals surface area (Å²) in [5.41, 5.74) is 2.41. The summed E-state index contributed by atoms with van der Waals surface area (Å²) < 4.78 is 0. The SMILES string of the molecule is PP=Cc1ccc2c(n1)NCCC2. The molecule has 13 heavy (non-hydrogen) atoms. The molecule has 1 atom stereocenters. The fourth-order valence-electron chi connectivity index (χ4n) is 1.49. The average Bonchev–Trinajstić information content (AvgIpc) is 2.18. The molecule has 2 rings (SSSR count). The van der Waals surface area contributed by atoms with Crippen molar-refractivity contribution in [2.24, 2.45) is 0 Å². The second kappa shape index (κ2) is 4.17. The molecule has 0 fully saturated rings. The van der Waals surface area contributed by atoms with Crippen LogP contribution in [0.5, 0.6) is 0 Å². The van der Waals surface area contributed by atoms with Crippen LogP contribution in [0.25, 0.3) is 0 Å². The molecule has 1 unspecified atom stereocenters. The molecule has 0 radical (unpaired) electrons. The molecular formula is C9H12N2P2. The molecule has 2 heterocycles. The van der Waals surface area contributed by atoms with E-state index in [2.05, 4.69) is 37.2 Å². The lowest BCUT2D eigenvalue weighted by atomic mass is 10.1. The van der Waals surface area contributed by atoms with E-state index in [1.54, 1.807) is 0 Å². The summed E-state index contributed by atoms with van der Waals surface area (Å²) in [6.45, 7) is 1.06. The van der Waals surface area contributed by atoms with Crippen molar-refractivity contribution < 1.29 is 0 Å². The van der Waals surface area contributed by atoms with Gasteiger partial charge in [0.05, 0.1) is 5.69 Å². The molecule has 2 nitrogen and oxygen atoms in total. The molecule has 0 amide bonds. The summed E-state index contributed by atoms with van der Waals surface area (Å²) in [4.78, 5) is 4.52. The van der Waals surface area contributed by atoms with Gasteiger partial charge >= 0.3 is 0 Å². The Balaban J connectivity index is 2.35. The molecular weight excluding hydrogens is 198 g/mol. The predicted octanol–water partition coefficient (Wildman–Crippen LogP) is 2.33. The standard InChI is InChI=1S/C9H12N2P2/c12-13-6-8-4-3-7-2-1-5-10-9(7)11-8/h3-4,6H,1-2,5,12H2,(H,10,11). The lowest BCUT2D eigenvalue weighted by Crippen LogP contribution is -2.13. The van der Waals surface area contributed by atoms with Crippen molar-refractivity contribution in [2.45, 2.75) is 12.8 Å². The minimum atomic E-state index is 1.06. The number of rotatable bonds is 1. The molecule has 1 aromatic rings. The number of hydrogen-bond acceptors (Lipinski definition) is 2. The first-order valence-electron chi connectivity index (χ1n) is 4.37. The van der Waals surface area contributed by atoms with Crippen LogP contribution in [0.3, 0.4) is 0 Å². The topological polar surface area (TPSA) is 24.9 Å². The van der Waals surface area contributed by atoms with E-state index in [9.17, 15) is 0 Å². The highest BCUT2D eigenvalue weighted by molar-refractivity contribution is 8.01. The summed E-state index contributed by atoms with van der Waals surface area (Å²) >= 11 is 0. The van der Waals surface area contributed by atoms with Gasteiger partial charge in [-0.2, -0.15) is 0 Å². The Kier molecular flexibility index (Phi) is 2.93. The van der Waals surface area contributed by atoms with Crippen molar-refractivity contribution in [1.29, 1.82) is 0 Å². The van der Waals surface area contributed by atoms with Gasteiger partial charge in [0.1, 0.15) is 5.82 Å². The third-order valence-corrected chi connectivity index (χ3v) is 2.98. The monoisotopic (exact) mass is 210 g/mol. The van der Waals surface area contributed by atoms with E-state index >= 15 is 0 Å². The van der Waals surface area contributed by atoms with E-state index in [0.717, 1.165) is 24.5 Å². The number of aryl methyl sites for hydroxylation is 1. The molecule has 1 aliphatic heterocycles. The Labute approximate surface area is 82.1 Å². The number of pyridine rings is 1. The third-order valence-electron chi connectivity index (χ3n) is 2.12. The van der Waals surface area contributed by atoms with Crippen molar-refractivity contribution in [2.75, 3.05) is 11.9 Å². The van der Waals surface area contributed by atoms with Crippen molar-refractivity contribution in [3.8, 4) is 0 Å². The van der Waals surface area contributed by atoms with Gasteiger partial charge in [0, 0.05) is 6.54 Å². The summed E-state index contributed by atoms with van der Waals surface area (Å²) in [7, 11) is 3.83. The first kappa shape index (κ1) is 9.12. The molecule has 1 N–H and O–H groups in total. The van der Waals surface area contributed by atoms with E-state index < -0.39 is 0 Å². The van der Waals surface area contributed by atoms with Gasteiger partial charge in [-0.15, -0.1) is 0 Å². The molecule has 1 aliphatic rings. The van der Waals surface area contributed by atoms with Crippen molar-refractivity contribution in [3.63, 3.8) is 0 Å². The summed E-state index contributed by atoms with van der Waals surface area (Å²) in [6.07, 6.45) is 2.38. The van der Waals surface area contributed by atoms with Crippen LogP contribution in [-0.4, -0.2) is 17.3 Å². The van der Waals surface area contributed by atoms with Crippen LogP contribution in [0.4, 0.5) is 5.82 Å². The zero-order valence-electron chi connectivity index (χ0n) is 7.33. The molecule has 0 aromatic carbocycles. The highest BCUT2D eigenvalue weighted by atomic mass is 32.0. The van der Waals surface area contributed by atoms with E-state index in [-0.39, 0.29) is 0 Å². The van der Waals surface area contributed by atoms with Crippen LogP contribution in [-0.2, 0) is 6.42 Å². The second-order valence-electron chi connectivity index (χ2n) is 3.05. The van der Waals surface area contributed by atoms with Crippen LogP contribution >= 0.6 is 16.8 Å². The normalized spacial score (nSPS) is 15.5. The molecule has 0 bridgehead atoms. The predicted molar refractivity (Wildman–Crippen MR) is 62.8 cm³/mol. The van der Waals surface area contributed by atoms with E-state index in [0.29, 0.717) is 0 Å². The Morgan fingerprint density at radius 1 is 1.54 bits per heavy atom. The maximum atomic E-state index is 4.52. The molecule has 0 aliphatic carbocycles. The number of anilines is 1. The van der Waals surface area contributed by atoms with Gasteiger partial charge < -0.3 is 5.32 Å². The van der Waals surface area contributed by atoms with Crippen molar-refractivity contribution in [3.05, 3.63) is 23.4 Å². The molecule has 1 aromatic heterocycles. The fraction of sp³-hybridized carbons (Fsp3) is 0.333. The average molecular weight is 210 g/mol. The largest absolute Gasteiger partial charge is 0.370 e. The highest BCUT2D eigenvalue weighted by Crippen LogP contribution is 2.19. The number of nitrogens with zero attached hydrogens (tertiary/aromatic N) is 1. The van der Waals surface area contributed by atoms with Crippen LogP contribution in [0.15, 0.2) is 12.1 Å². The lowest BCUT2D eigenvalue weighted by molar-refractivity contribution is 0.817. The van der Waals surface area contributed by atoms with E-state index in [1.807, 2.05) is 0 Å². The number of hydrogen-bond donors (Lipinski definition) is 1. The molecule has 0 saturated heterocycles. The van der Waals surface area contributed by atoms with Gasteiger partial charge in [0.15, 0.2) is 0 Å². The number of aromatic nitrogens is 1. The van der Waals surface area contributed by atoms with E-state index in [1.165, 1.54) is 19.9 Å². The first-order chi connectivity index (χ1) is 6.40. The Bertz CT molecular complexity index is 336. The minimum Gasteiger partial charge on any atom is -0.370 e. The summed E-state index contributed by atoms with van der Waals surface area (Å²) in [5.74, 6) is 3.16. The second-order valence-corrected chi connectivity index (χ2v) is 4.50. The summed E-state index contributed by atoms with van der Waals surface area (Å²) in [5, 5.41) is 3.32. The smallest absolute Gasteiger partial charge is 0.129 e. The molecule has 0 spiro atoms. The highest BCUT2D eigenvalue weighted by Gasteiger charge is 2.08. The summed E-state index contributed by atoms with van der Waals surface area (Å²) in [6, 6.07) is 4.26. The Morgan fingerprint density at radius 3 is 3.31 bits per heavy atom. The van der Waals surface area contributed by atoms with Crippen molar-refractivity contribution in [1.82, 2.24) is 4.98 Å². The van der Waals surface area contributed by atoms with Gasteiger partial charge in [-0.25, -0.2) is 4.98 Å².